The Balaban J connectivity index is 2.13. The molecule has 0 aromatic carbocycles. The van der Waals surface area contributed by atoms with E-state index in [1.54, 1.807) is 11.8 Å². The lowest BCUT2D eigenvalue weighted by atomic mass is 9.99. The number of carbonyl (C=O) groups is 2. The fourth-order valence-corrected chi connectivity index (χ4v) is 2.20. The molecule has 0 radical (unpaired) electrons. The number of aromatic nitrogens is 2. The van der Waals surface area contributed by atoms with Gasteiger partial charge in [0.1, 0.15) is 0 Å². The van der Waals surface area contributed by atoms with E-state index >= 15 is 0 Å². The van der Waals surface area contributed by atoms with Gasteiger partial charge in [0.05, 0.1) is 6.42 Å². The van der Waals surface area contributed by atoms with Crippen molar-refractivity contribution in [1.29, 1.82) is 0 Å². The van der Waals surface area contributed by atoms with E-state index in [1.807, 2.05) is 0 Å². The average Bonchev–Trinajstić information content (AvgIpc) is 2.75. The lowest BCUT2D eigenvalue weighted by Gasteiger charge is -2.34. The number of hydrogen-bond acceptors (Lipinski definition) is 5. The minimum atomic E-state index is -0.899. The highest BCUT2D eigenvalue weighted by atomic mass is 16.5. The van der Waals surface area contributed by atoms with Crippen LogP contribution >= 0.6 is 0 Å². The molecule has 18 heavy (non-hydrogen) atoms. The molecule has 1 aliphatic heterocycles. The molecular formula is C11H15N3O4. The van der Waals surface area contributed by atoms with Crippen molar-refractivity contribution in [3.05, 3.63) is 11.7 Å². The zero-order valence-electron chi connectivity index (χ0n) is 10.1. The molecule has 0 aliphatic carbocycles. The normalized spacial score (nSPS) is 19.8. The first-order valence-corrected chi connectivity index (χ1v) is 5.91. The summed E-state index contributed by atoms with van der Waals surface area (Å²) in [5.41, 5.74) is 0. The second kappa shape index (κ2) is 5.16. The summed E-state index contributed by atoms with van der Waals surface area (Å²) in [4.78, 5) is 28.4. The predicted molar refractivity (Wildman–Crippen MR) is 60.0 cm³/mol. The van der Waals surface area contributed by atoms with Gasteiger partial charge in [0.2, 0.25) is 5.89 Å². The summed E-state index contributed by atoms with van der Waals surface area (Å²) in [6, 6.07) is -0.275. The zero-order valence-corrected chi connectivity index (χ0v) is 10.1. The van der Waals surface area contributed by atoms with Crippen molar-refractivity contribution < 1.29 is 19.2 Å². The van der Waals surface area contributed by atoms with Gasteiger partial charge in [-0.05, 0) is 19.3 Å². The molecule has 2 rings (SSSR count). The molecule has 0 bridgehead atoms. The molecule has 1 amide bonds. The van der Waals surface area contributed by atoms with Crippen molar-refractivity contribution in [3.63, 3.8) is 0 Å². The summed E-state index contributed by atoms with van der Waals surface area (Å²) in [7, 11) is 0. The minimum absolute atomic E-state index is 0.00443. The highest BCUT2D eigenvalue weighted by Crippen LogP contribution is 2.21. The zero-order chi connectivity index (χ0) is 13.1. The van der Waals surface area contributed by atoms with Crippen molar-refractivity contribution in [2.75, 3.05) is 6.54 Å². The van der Waals surface area contributed by atoms with Crippen molar-refractivity contribution in [2.45, 2.75) is 38.6 Å². The topological polar surface area (TPSA) is 96.5 Å². The number of rotatable bonds is 3. The van der Waals surface area contributed by atoms with E-state index < -0.39 is 5.97 Å². The molecule has 0 saturated carbocycles. The lowest BCUT2D eigenvalue weighted by Crippen LogP contribution is -2.45. The molecule has 1 aromatic rings. The number of hydrogen-bond donors (Lipinski definition) is 1. The van der Waals surface area contributed by atoms with Gasteiger partial charge < -0.3 is 14.5 Å². The summed E-state index contributed by atoms with van der Waals surface area (Å²) >= 11 is 0. The third-order valence-electron chi connectivity index (χ3n) is 3.02. The first kappa shape index (κ1) is 12.5. The van der Waals surface area contributed by atoms with Gasteiger partial charge in [0.15, 0.2) is 0 Å². The highest BCUT2D eigenvalue weighted by molar-refractivity contribution is 5.90. The molecule has 1 aliphatic rings. The molecule has 1 atom stereocenters. The molecule has 1 saturated heterocycles. The molecule has 1 N–H and O–H groups in total. The quantitative estimate of drug-likeness (QED) is 0.857. The van der Waals surface area contributed by atoms with Crippen molar-refractivity contribution >= 4 is 11.9 Å². The minimum Gasteiger partial charge on any atom is -0.481 e. The van der Waals surface area contributed by atoms with Gasteiger partial charge in [-0.15, -0.1) is 0 Å². The standard InChI is InChI=1S/C11H15N3O4/c1-7-12-10(13-18-7)11(17)14-5-3-2-4-8(14)6-9(15)16/h8H,2-6H2,1H3,(H,15,16). The fraction of sp³-hybridized carbons (Fsp3) is 0.636. The van der Waals surface area contributed by atoms with Crippen LogP contribution in [-0.4, -0.2) is 44.6 Å². The van der Waals surface area contributed by atoms with Gasteiger partial charge in [-0.2, -0.15) is 4.98 Å². The van der Waals surface area contributed by atoms with Crippen LogP contribution < -0.4 is 0 Å². The maximum absolute atomic E-state index is 12.2. The molecule has 2 heterocycles. The molecular weight excluding hydrogens is 238 g/mol. The number of carboxylic acid groups (broad SMARTS) is 1. The number of likely N-dealkylation sites (tertiary alicyclic amines) is 1. The van der Waals surface area contributed by atoms with Gasteiger partial charge >= 0.3 is 5.97 Å². The van der Waals surface area contributed by atoms with Crippen molar-refractivity contribution in [3.8, 4) is 0 Å². The average molecular weight is 253 g/mol. The third kappa shape index (κ3) is 2.66. The number of carboxylic acids is 1. The van der Waals surface area contributed by atoms with Crippen LogP contribution in [0.5, 0.6) is 0 Å². The van der Waals surface area contributed by atoms with E-state index in [1.165, 1.54) is 0 Å². The van der Waals surface area contributed by atoms with Crippen molar-refractivity contribution in [2.24, 2.45) is 0 Å². The van der Waals surface area contributed by atoms with Crippen LogP contribution in [-0.2, 0) is 4.79 Å². The SMILES string of the molecule is Cc1nc(C(=O)N2CCCCC2CC(=O)O)no1. The van der Waals surface area contributed by atoms with Crippen LogP contribution in [0.15, 0.2) is 4.52 Å². The largest absolute Gasteiger partial charge is 0.481 e. The molecule has 1 aromatic heterocycles. The Morgan fingerprint density at radius 3 is 2.89 bits per heavy atom. The molecule has 7 heteroatoms. The summed E-state index contributed by atoms with van der Waals surface area (Å²) in [6.07, 6.45) is 2.48. The Bertz CT molecular complexity index is 457. The number of nitrogens with zero attached hydrogens (tertiary/aromatic N) is 3. The first-order chi connectivity index (χ1) is 8.58. The third-order valence-corrected chi connectivity index (χ3v) is 3.02. The van der Waals surface area contributed by atoms with Gasteiger partial charge in [-0.3, -0.25) is 9.59 Å². The monoisotopic (exact) mass is 253 g/mol. The number of aryl methyl sites for hydroxylation is 1. The van der Waals surface area contributed by atoms with E-state index in [2.05, 4.69) is 10.1 Å². The van der Waals surface area contributed by atoms with E-state index in [0.29, 0.717) is 18.9 Å². The molecule has 1 fully saturated rings. The number of aliphatic carboxylic acids is 1. The van der Waals surface area contributed by atoms with Gasteiger partial charge in [-0.1, -0.05) is 5.16 Å². The summed E-state index contributed by atoms with van der Waals surface area (Å²) in [5.74, 6) is -0.920. The van der Waals surface area contributed by atoms with Crippen molar-refractivity contribution in [1.82, 2.24) is 15.0 Å². The summed E-state index contributed by atoms with van der Waals surface area (Å²) < 4.78 is 4.77. The Morgan fingerprint density at radius 2 is 2.28 bits per heavy atom. The predicted octanol–water partition coefficient (Wildman–Crippen LogP) is 0.847. The number of amides is 1. The van der Waals surface area contributed by atoms with Gasteiger partial charge in [0.25, 0.3) is 11.7 Å². The lowest BCUT2D eigenvalue weighted by molar-refractivity contribution is -0.138. The van der Waals surface area contributed by atoms with Crippen LogP contribution in [0.4, 0.5) is 0 Å². The van der Waals surface area contributed by atoms with E-state index in [9.17, 15) is 9.59 Å². The second-order valence-electron chi connectivity index (χ2n) is 4.38. The molecule has 0 spiro atoms. The Kier molecular flexibility index (Phi) is 3.59. The first-order valence-electron chi connectivity index (χ1n) is 5.91. The summed E-state index contributed by atoms with van der Waals surface area (Å²) in [6.45, 7) is 2.15. The summed E-state index contributed by atoms with van der Waals surface area (Å²) in [5, 5.41) is 12.4. The highest BCUT2D eigenvalue weighted by Gasteiger charge is 2.31. The van der Waals surface area contributed by atoms with Crippen LogP contribution in [0.25, 0.3) is 0 Å². The van der Waals surface area contributed by atoms with Gasteiger partial charge in [-0.25, -0.2) is 0 Å². The van der Waals surface area contributed by atoms with E-state index in [0.717, 1.165) is 12.8 Å². The van der Waals surface area contributed by atoms with Crippen LogP contribution in [0.1, 0.15) is 42.2 Å². The Labute approximate surface area is 104 Å². The van der Waals surface area contributed by atoms with E-state index in [-0.39, 0.29) is 24.2 Å². The van der Waals surface area contributed by atoms with Crippen LogP contribution in [0.3, 0.4) is 0 Å². The number of carbonyl (C=O) groups excluding carboxylic acids is 1. The molecule has 98 valence electrons. The van der Waals surface area contributed by atoms with Crippen LogP contribution in [0, 0.1) is 6.92 Å². The maximum atomic E-state index is 12.2. The fourth-order valence-electron chi connectivity index (χ4n) is 2.20. The van der Waals surface area contributed by atoms with E-state index in [4.69, 9.17) is 9.63 Å². The maximum Gasteiger partial charge on any atom is 0.305 e. The van der Waals surface area contributed by atoms with Gasteiger partial charge in [0, 0.05) is 19.5 Å². The molecule has 1 unspecified atom stereocenters. The second-order valence-corrected chi connectivity index (χ2v) is 4.38. The number of piperidine rings is 1. The molecule has 7 nitrogen and oxygen atoms in total. The Morgan fingerprint density at radius 1 is 1.50 bits per heavy atom. The van der Waals surface area contributed by atoms with Crippen LogP contribution in [0.2, 0.25) is 0 Å². The Hall–Kier alpha value is -1.92. The smallest absolute Gasteiger partial charge is 0.305 e.